The van der Waals surface area contributed by atoms with Crippen molar-refractivity contribution in [3.05, 3.63) is 0 Å². The summed E-state index contributed by atoms with van der Waals surface area (Å²) in [5.74, 6) is 0.908. The predicted molar refractivity (Wildman–Crippen MR) is 90.1 cm³/mol. The van der Waals surface area contributed by atoms with Gasteiger partial charge in [-0.05, 0) is 39.9 Å². The SMILES string of the molecule is CNCCC(=O)NCC(C1CCCCC1)N(C)C.Cl.Cl. The van der Waals surface area contributed by atoms with Crippen LogP contribution in [-0.2, 0) is 4.79 Å². The third-order valence-corrected chi connectivity index (χ3v) is 3.97. The van der Waals surface area contributed by atoms with Gasteiger partial charge >= 0.3 is 0 Å². The van der Waals surface area contributed by atoms with E-state index in [1.165, 1.54) is 32.1 Å². The average Bonchev–Trinajstić information content (AvgIpc) is 2.37. The molecule has 1 amide bonds. The molecule has 1 aliphatic rings. The molecule has 0 saturated heterocycles. The van der Waals surface area contributed by atoms with Crippen LogP contribution in [0.1, 0.15) is 38.5 Å². The van der Waals surface area contributed by atoms with Crippen LogP contribution in [0.25, 0.3) is 0 Å². The Bertz CT molecular complexity index is 247. The van der Waals surface area contributed by atoms with Crippen molar-refractivity contribution in [2.45, 2.75) is 44.6 Å². The summed E-state index contributed by atoms with van der Waals surface area (Å²) in [5.41, 5.74) is 0. The third kappa shape index (κ3) is 8.30. The molecule has 0 aromatic heterocycles. The van der Waals surface area contributed by atoms with E-state index in [2.05, 4.69) is 29.6 Å². The minimum Gasteiger partial charge on any atom is -0.354 e. The topological polar surface area (TPSA) is 44.4 Å². The monoisotopic (exact) mass is 327 g/mol. The zero-order valence-electron chi connectivity index (χ0n) is 13.0. The molecule has 2 N–H and O–H groups in total. The lowest BCUT2D eigenvalue weighted by molar-refractivity contribution is -0.121. The molecule has 0 radical (unpaired) electrons. The Kier molecular flexibility index (Phi) is 14.1. The molecule has 1 atom stereocenters. The van der Waals surface area contributed by atoms with Crippen molar-refractivity contribution in [1.82, 2.24) is 15.5 Å². The first kappa shape index (κ1) is 22.3. The summed E-state index contributed by atoms with van der Waals surface area (Å²) in [4.78, 5) is 13.9. The molecule has 0 heterocycles. The Balaban J connectivity index is 0. The number of hydrogen-bond donors (Lipinski definition) is 2. The fraction of sp³-hybridized carbons (Fsp3) is 0.929. The van der Waals surface area contributed by atoms with Crippen LogP contribution in [0, 0.1) is 5.92 Å². The number of rotatable bonds is 7. The lowest BCUT2D eigenvalue weighted by Gasteiger charge is -2.35. The van der Waals surface area contributed by atoms with Crippen LogP contribution in [0.4, 0.5) is 0 Å². The molecular formula is C14H31Cl2N3O. The van der Waals surface area contributed by atoms with Crippen LogP contribution in [0.2, 0.25) is 0 Å². The fourth-order valence-corrected chi connectivity index (χ4v) is 2.84. The highest BCUT2D eigenvalue weighted by Crippen LogP contribution is 2.27. The van der Waals surface area contributed by atoms with Gasteiger partial charge in [0.05, 0.1) is 0 Å². The van der Waals surface area contributed by atoms with Gasteiger partial charge in [-0.3, -0.25) is 4.79 Å². The van der Waals surface area contributed by atoms with Crippen LogP contribution >= 0.6 is 24.8 Å². The molecule has 6 heteroatoms. The first-order valence-electron chi connectivity index (χ1n) is 7.23. The molecule has 0 aromatic carbocycles. The second-order valence-electron chi connectivity index (χ2n) is 5.59. The average molecular weight is 328 g/mol. The van der Waals surface area contributed by atoms with Crippen LogP contribution < -0.4 is 10.6 Å². The van der Waals surface area contributed by atoms with Crippen LogP contribution in [-0.4, -0.2) is 51.1 Å². The lowest BCUT2D eigenvalue weighted by Crippen LogP contribution is -2.45. The molecule has 122 valence electrons. The smallest absolute Gasteiger partial charge is 0.221 e. The standard InChI is InChI=1S/C14H29N3O.2ClH/c1-15-10-9-14(18)16-11-13(17(2)3)12-7-5-4-6-8-12;;/h12-13,15H,4-11H2,1-3H3,(H,16,18);2*1H. The summed E-state index contributed by atoms with van der Waals surface area (Å²) in [6, 6.07) is 0.490. The first-order valence-corrected chi connectivity index (χ1v) is 7.23. The van der Waals surface area contributed by atoms with Gasteiger partial charge in [-0.15, -0.1) is 24.8 Å². The van der Waals surface area contributed by atoms with Crippen LogP contribution in [0.3, 0.4) is 0 Å². The first-order chi connectivity index (χ1) is 8.65. The highest BCUT2D eigenvalue weighted by atomic mass is 35.5. The van der Waals surface area contributed by atoms with E-state index >= 15 is 0 Å². The quantitative estimate of drug-likeness (QED) is 0.752. The predicted octanol–water partition coefficient (Wildman–Crippen LogP) is 2.07. The van der Waals surface area contributed by atoms with E-state index in [9.17, 15) is 4.79 Å². The number of carbonyl (C=O) groups is 1. The molecule has 1 unspecified atom stereocenters. The summed E-state index contributed by atoms with van der Waals surface area (Å²) in [6.07, 6.45) is 7.28. The summed E-state index contributed by atoms with van der Waals surface area (Å²) >= 11 is 0. The fourth-order valence-electron chi connectivity index (χ4n) is 2.84. The van der Waals surface area contributed by atoms with Crippen molar-refractivity contribution < 1.29 is 4.79 Å². The molecule has 1 aliphatic carbocycles. The van der Waals surface area contributed by atoms with Gasteiger partial charge in [0.15, 0.2) is 0 Å². The van der Waals surface area contributed by atoms with E-state index in [1.807, 2.05) is 7.05 Å². The summed E-state index contributed by atoms with van der Waals surface area (Å²) in [5, 5.41) is 6.08. The van der Waals surface area contributed by atoms with Gasteiger partial charge in [0, 0.05) is 25.6 Å². The highest BCUT2D eigenvalue weighted by molar-refractivity contribution is 5.85. The molecule has 0 bridgehead atoms. The second-order valence-corrected chi connectivity index (χ2v) is 5.59. The van der Waals surface area contributed by atoms with Gasteiger partial charge < -0.3 is 15.5 Å². The minimum absolute atomic E-state index is 0. The summed E-state index contributed by atoms with van der Waals surface area (Å²) < 4.78 is 0. The number of hydrogen-bond acceptors (Lipinski definition) is 3. The van der Waals surface area contributed by atoms with Gasteiger partial charge in [-0.2, -0.15) is 0 Å². The molecule has 0 aromatic rings. The summed E-state index contributed by atoms with van der Waals surface area (Å²) in [7, 11) is 6.12. The number of nitrogens with zero attached hydrogens (tertiary/aromatic N) is 1. The van der Waals surface area contributed by atoms with Crippen molar-refractivity contribution in [3.8, 4) is 0 Å². The Morgan fingerprint density at radius 1 is 1.20 bits per heavy atom. The number of carbonyl (C=O) groups excluding carboxylic acids is 1. The van der Waals surface area contributed by atoms with E-state index in [1.54, 1.807) is 0 Å². The van der Waals surface area contributed by atoms with Crippen molar-refractivity contribution in [2.24, 2.45) is 5.92 Å². The van der Waals surface area contributed by atoms with Crippen LogP contribution in [0.15, 0.2) is 0 Å². The molecule has 1 rings (SSSR count). The maximum Gasteiger partial charge on any atom is 0.221 e. The molecule has 0 spiro atoms. The second kappa shape index (κ2) is 12.7. The number of amides is 1. The molecular weight excluding hydrogens is 297 g/mol. The van der Waals surface area contributed by atoms with E-state index in [-0.39, 0.29) is 30.7 Å². The molecule has 1 fully saturated rings. The zero-order chi connectivity index (χ0) is 13.4. The molecule has 0 aliphatic heterocycles. The Morgan fingerprint density at radius 3 is 2.30 bits per heavy atom. The number of likely N-dealkylation sites (N-methyl/N-ethyl adjacent to an activating group) is 1. The third-order valence-electron chi connectivity index (χ3n) is 3.97. The lowest BCUT2D eigenvalue weighted by atomic mass is 9.83. The minimum atomic E-state index is 0. The Hall–Kier alpha value is -0.0300. The maximum atomic E-state index is 11.6. The normalized spacial score (nSPS) is 17.0. The molecule has 20 heavy (non-hydrogen) atoms. The Morgan fingerprint density at radius 2 is 1.80 bits per heavy atom. The van der Waals surface area contributed by atoms with Gasteiger partial charge in [0.1, 0.15) is 0 Å². The number of halogens is 2. The van der Waals surface area contributed by atoms with E-state index in [0.717, 1.165) is 19.0 Å². The van der Waals surface area contributed by atoms with E-state index in [4.69, 9.17) is 0 Å². The van der Waals surface area contributed by atoms with Crippen molar-refractivity contribution in [3.63, 3.8) is 0 Å². The largest absolute Gasteiger partial charge is 0.354 e. The molecule has 1 saturated carbocycles. The zero-order valence-corrected chi connectivity index (χ0v) is 14.6. The van der Waals surface area contributed by atoms with Gasteiger partial charge in [0.25, 0.3) is 0 Å². The summed E-state index contributed by atoms with van der Waals surface area (Å²) in [6.45, 7) is 1.54. The highest BCUT2D eigenvalue weighted by Gasteiger charge is 2.25. The van der Waals surface area contributed by atoms with Gasteiger partial charge in [0.2, 0.25) is 5.91 Å². The van der Waals surface area contributed by atoms with E-state index < -0.39 is 0 Å². The van der Waals surface area contributed by atoms with Crippen molar-refractivity contribution in [2.75, 3.05) is 34.2 Å². The van der Waals surface area contributed by atoms with Crippen molar-refractivity contribution >= 4 is 30.7 Å². The number of nitrogens with one attached hydrogen (secondary N) is 2. The molecule has 4 nitrogen and oxygen atoms in total. The van der Waals surface area contributed by atoms with Gasteiger partial charge in [-0.25, -0.2) is 0 Å². The maximum absolute atomic E-state index is 11.6. The van der Waals surface area contributed by atoms with Crippen molar-refractivity contribution in [1.29, 1.82) is 0 Å². The van der Waals surface area contributed by atoms with E-state index in [0.29, 0.717) is 12.5 Å². The van der Waals surface area contributed by atoms with Gasteiger partial charge in [-0.1, -0.05) is 19.3 Å². The van der Waals surface area contributed by atoms with Crippen LogP contribution in [0.5, 0.6) is 0 Å². The Labute approximate surface area is 136 Å².